The van der Waals surface area contributed by atoms with Crippen molar-refractivity contribution in [3.8, 4) is 16.9 Å². The average Bonchev–Trinajstić information content (AvgIpc) is 2.83. The highest BCUT2D eigenvalue weighted by molar-refractivity contribution is 5.77. The van der Waals surface area contributed by atoms with Crippen molar-refractivity contribution in [3.63, 3.8) is 0 Å². The van der Waals surface area contributed by atoms with Gasteiger partial charge < -0.3 is 15.0 Å². The van der Waals surface area contributed by atoms with Crippen LogP contribution in [0.2, 0.25) is 0 Å². The Morgan fingerprint density at radius 1 is 1.15 bits per heavy atom. The van der Waals surface area contributed by atoms with E-state index in [-0.39, 0.29) is 0 Å². The van der Waals surface area contributed by atoms with Gasteiger partial charge in [-0.3, -0.25) is 0 Å². The van der Waals surface area contributed by atoms with Crippen molar-refractivity contribution in [2.75, 3.05) is 31.6 Å². The Bertz CT molecular complexity index is 844. The summed E-state index contributed by atoms with van der Waals surface area (Å²) >= 11 is 0. The summed E-state index contributed by atoms with van der Waals surface area (Å²) in [6.07, 6.45) is 5.12. The first-order valence-electron chi connectivity index (χ1n) is 10.1. The van der Waals surface area contributed by atoms with Gasteiger partial charge in [0.25, 0.3) is 0 Å². The van der Waals surface area contributed by atoms with Crippen molar-refractivity contribution in [2.45, 2.75) is 44.6 Å². The number of benzene rings is 2. The van der Waals surface area contributed by atoms with Crippen LogP contribution in [0.25, 0.3) is 11.1 Å². The second-order valence-corrected chi connectivity index (χ2v) is 8.07. The van der Waals surface area contributed by atoms with E-state index in [0.29, 0.717) is 12.0 Å². The molecule has 26 heavy (non-hydrogen) atoms. The summed E-state index contributed by atoms with van der Waals surface area (Å²) in [6.45, 7) is 5.71. The number of anilines is 1. The van der Waals surface area contributed by atoms with Gasteiger partial charge in [-0.1, -0.05) is 6.07 Å². The van der Waals surface area contributed by atoms with E-state index in [2.05, 4.69) is 47.5 Å². The minimum atomic E-state index is 0.647. The van der Waals surface area contributed by atoms with Gasteiger partial charge in [0.15, 0.2) is 0 Å². The van der Waals surface area contributed by atoms with Gasteiger partial charge in [-0.05, 0) is 91.2 Å². The lowest BCUT2D eigenvalue weighted by molar-refractivity contribution is 0.401. The molecule has 2 aromatic carbocycles. The number of nitrogens with one attached hydrogen (secondary N) is 1. The normalized spacial score (nSPS) is 24.0. The largest absolute Gasteiger partial charge is 0.497 e. The van der Waals surface area contributed by atoms with Crippen LogP contribution in [0.1, 0.15) is 41.9 Å². The molecule has 0 amide bonds. The molecule has 1 fully saturated rings. The van der Waals surface area contributed by atoms with Crippen molar-refractivity contribution >= 4 is 5.69 Å². The summed E-state index contributed by atoms with van der Waals surface area (Å²) in [4.78, 5) is 2.76. The molecule has 3 aliphatic rings. The van der Waals surface area contributed by atoms with E-state index in [1.807, 2.05) is 0 Å². The van der Waals surface area contributed by atoms with Crippen molar-refractivity contribution in [2.24, 2.45) is 0 Å². The van der Waals surface area contributed by atoms with E-state index in [1.54, 1.807) is 23.9 Å². The lowest BCUT2D eigenvalue weighted by atomic mass is 9.86. The highest BCUT2D eigenvalue weighted by Gasteiger charge is 2.41. The van der Waals surface area contributed by atoms with Crippen LogP contribution in [-0.4, -0.2) is 32.8 Å². The van der Waals surface area contributed by atoms with E-state index in [9.17, 15) is 0 Å². The SMILES string of the molecule is COc1ccc(-c2cc3c4c(c2)[C@@H]2CNCC[C@@H]2N4CCCC3)c(C)c1. The minimum Gasteiger partial charge on any atom is -0.497 e. The van der Waals surface area contributed by atoms with E-state index in [0.717, 1.165) is 18.8 Å². The topological polar surface area (TPSA) is 24.5 Å². The second kappa shape index (κ2) is 6.31. The van der Waals surface area contributed by atoms with Gasteiger partial charge in [0.2, 0.25) is 0 Å². The number of rotatable bonds is 2. The zero-order valence-corrected chi connectivity index (χ0v) is 15.8. The van der Waals surface area contributed by atoms with Crippen molar-refractivity contribution in [3.05, 3.63) is 47.0 Å². The molecular weight excluding hydrogens is 320 g/mol. The number of piperidine rings is 1. The van der Waals surface area contributed by atoms with E-state index in [1.165, 1.54) is 48.9 Å². The molecule has 0 spiro atoms. The molecule has 5 rings (SSSR count). The highest BCUT2D eigenvalue weighted by atomic mass is 16.5. The molecule has 2 atom stereocenters. The third kappa shape index (κ3) is 2.44. The van der Waals surface area contributed by atoms with Crippen LogP contribution < -0.4 is 15.0 Å². The first-order chi connectivity index (χ1) is 12.8. The van der Waals surface area contributed by atoms with Crippen LogP contribution in [0.5, 0.6) is 5.75 Å². The van der Waals surface area contributed by atoms with Gasteiger partial charge in [0.1, 0.15) is 5.75 Å². The minimum absolute atomic E-state index is 0.647. The molecule has 0 unspecified atom stereocenters. The number of nitrogens with zero attached hydrogens (tertiary/aromatic N) is 1. The third-order valence-electron chi connectivity index (χ3n) is 6.59. The van der Waals surface area contributed by atoms with Crippen LogP contribution in [0.3, 0.4) is 0 Å². The predicted molar refractivity (Wildman–Crippen MR) is 107 cm³/mol. The monoisotopic (exact) mass is 348 g/mol. The summed E-state index contributed by atoms with van der Waals surface area (Å²) in [7, 11) is 1.74. The number of hydrogen-bond acceptors (Lipinski definition) is 3. The maximum Gasteiger partial charge on any atom is 0.119 e. The first kappa shape index (κ1) is 16.2. The quantitative estimate of drug-likeness (QED) is 0.877. The maximum atomic E-state index is 5.40. The van der Waals surface area contributed by atoms with Crippen LogP contribution in [0.4, 0.5) is 5.69 Å². The molecule has 3 heterocycles. The van der Waals surface area contributed by atoms with Gasteiger partial charge in [0, 0.05) is 30.7 Å². The summed E-state index contributed by atoms with van der Waals surface area (Å²) in [6, 6.07) is 12.1. The van der Waals surface area contributed by atoms with Crippen molar-refractivity contribution < 1.29 is 4.74 Å². The van der Waals surface area contributed by atoms with Gasteiger partial charge in [-0.25, -0.2) is 0 Å². The van der Waals surface area contributed by atoms with Crippen LogP contribution in [-0.2, 0) is 6.42 Å². The number of hydrogen-bond donors (Lipinski definition) is 1. The Hall–Kier alpha value is -2.00. The molecule has 1 saturated heterocycles. The molecule has 1 N–H and O–H groups in total. The summed E-state index contributed by atoms with van der Waals surface area (Å²) < 4.78 is 5.40. The molecule has 3 heteroatoms. The van der Waals surface area contributed by atoms with Gasteiger partial charge in [-0.2, -0.15) is 0 Å². The number of methoxy groups -OCH3 is 1. The first-order valence-corrected chi connectivity index (χ1v) is 10.1. The van der Waals surface area contributed by atoms with Crippen LogP contribution in [0.15, 0.2) is 30.3 Å². The number of ether oxygens (including phenoxy) is 1. The lowest BCUT2D eigenvalue weighted by Crippen LogP contribution is -2.44. The molecule has 0 radical (unpaired) electrons. The molecule has 2 aromatic rings. The predicted octanol–water partition coefficient (Wildman–Crippen LogP) is 4.27. The molecule has 3 nitrogen and oxygen atoms in total. The Labute approximate surface area is 156 Å². The second-order valence-electron chi connectivity index (χ2n) is 8.07. The molecule has 0 aliphatic carbocycles. The number of aryl methyl sites for hydroxylation is 2. The Kier molecular flexibility index (Phi) is 3.93. The van der Waals surface area contributed by atoms with Gasteiger partial charge >= 0.3 is 0 Å². The summed E-state index contributed by atoms with van der Waals surface area (Å²) in [5, 5.41) is 3.64. The zero-order chi connectivity index (χ0) is 17.7. The maximum absolute atomic E-state index is 5.40. The molecule has 0 aromatic heterocycles. The fourth-order valence-electron chi connectivity index (χ4n) is 5.36. The van der Waals surface area contributed by atoms with Crippen molar-refractivity contribution in [1.82, 2.24) is 5.32 Å². The van der Waals surface area contributed by atoms with Crippen molar-refractivity contribution in [1.29, 1.82) is 0 Å². The van der Waals surface area contributed by atoms with E-state index in [4.69, 9.17) is 4.74 Å². The molecule has 0 saturated carbocycles. The standard InChI is InChI=1S/C23H28N2O/c1-15-11-18(26-2)6-7-19(15)17-12-16-5-3-4-10-25-22-8-9-24-14-21(22)20(13-17)23(16)25/h6-7,11-13,21-22,24H,3-5,8-10,14H2,1-2H3/t21-,22-/m0/s1. The van der Waals surface area contributed by atoms with Gasteiger partial charge in [-0.15, -0.1) is 0 Å². The lowest BCUT2D eigenvalue weighted by Gasteiger charge is -2.33. The van der Waals surface area contributed by atoms with E-state index < -0.39 is 0 Å². The molecular formula is C23H28N2O. The van der Waals surface area contributed by atoms with E-state index >= 15 is 0 Å². The molecule has 3 aliphatic heterocycles. The Morgan fingerprint density at radius 3 is 2.92 bits per heavy atom. The number of fused-ring (bicyclic) bond motifs is 3. The van der Waals surface area contributed by atoms with Gasteiger partial charge in [0.05, 0.1) is 7.11 Å². The van der Waals surface area contributed by atoms with Crippen LogP contribution >= 0.6 is 0 Å². The Morgan fingerprint density at radius 2 is 2.08 bits per heavy atom. The smallest absolute Gasteiger partial charge is 0.119 e. The summed E-state index contributed by atoms with van der Waals surface area (Å²) in [5.41, 5.74) is 8.75. The van der Waals surface area contributed by atoms with Crippen LogP contribution in [0, 0.1) is 6.92 Å². The zero-order valence-electron chi connectivity index (χ0n) is 15.8. The third-order valence-corrected chi connectivity index (χ3v) is 6.59. The molecule has 0 bridgehead atoms. The highest BCUT2D eigenvalue weighted by Crippen LogP contribution is 2.48. The average molecular weight is 348 g/mol. The molecule has 136 valence electrons. The fraction of sp³-hybridized carbons (Fsp3) is 0.478. The summed E-state index contributed by atoms with van der Waals surface area (Å²) in [5.74, 6) is 1.59. The Balaban J connectivity index is 1.66. The fourth-order valence-corrected chi connectivity index (χ4v) is 5.36.